The number of carbonyl (C=O) groups excluding carboxylic acids is 1. The summed E-state index contributed by atoms with van der Waals surface area (Å²) in [6.07, 6.45) is 1.35. The SMILES string of the molecule is CN1CCN(C(=O)CCc2ccc3ccccc3c2)Cc2ccccc21. The van der Waals surface area contributed by atoms with Crippen molar-refractivity contribution >= 4 is 22.4 Å². The Hall–Kier alpha value is -2.81. The Bertz CT molecular complexity index is 934. The molecule has 26 heavy (non-hydrogen) atoms. The number of benzene rings is 3. The van der Waals surface area contributed by atoms with E-state index in [0.29, 0.717) is 13.0 Å². The van der Waals surface area contributed by atoms with Crippen molar-refractivity contribution in [2.75, 3.05) is 25.0 Å². The lowest BCUT2D eigenvalue weighted by molar-refractivity contribution is -0.131. The number of fused-ring (bicyclic) bond motifs is 2. The van der Waals surface area contributed by atoms with Gasteiger partial charge in [-0.1, -0.05) is 60.7 Å². The monoisotopic (exact) mass is 344 g/mol. The molecule has 1 aliphatic heterocycles. The summed E-state index contributed by atoms with van der Waals surface area (Å²) in [6, 6.07) is 23.2. The number of aryl methyl sites for hydroxylation is 1. The van der Waals surface area contributed by atoms with Crippen LogP contribution in [0.3, 0.4) is 0 Å². The number of carbonyl (C=O) groups is 1. The predicted octanol–water partition coefficient (Wildman–Crippen LogP) is 4.25. The van der Waals surface area contributed by atoms with Gasteiger partial charge in [0.05, 0.1) is 0 Å². The standard InChI is InChI=1S/C23H24N2O/c1-24-14-15-25(17-21-8-4-5-9-22(21)24)23(26)13-11-18-10-12-19-6-2-3-7-20(19)16-18/h2-10,12,16H,11,13-15,17H2,1H3. The summed E-state index contributed by atoms with van der Waals surface area (Å²) in [7, 11) is 2.10. The molecule has 0 aromatic heterocycles. The first-order valence-corrected chi connectivity index (χ1v) is 9.25. The van der Waals surface area contributed by atoms with Gasteiger partial charge in [-0.25, -0.2) is 0 Å². The maximum absolute atomic E-state index is 12.8. The molecule has 0 atom stereocenters. The fourth-order valence-corrected chi connectivity index (χ4v) is 3.71. The van der Waals surface area contributed by atoms with E-state index in [0.717, 1.165) is 19.5 Å². The minimum absolute atomic E-state index is 0.239. The summed E-state index contributed by atoms with van der Waals surface area (Å²) in [5, 5.41) is 2.48. The molecule has 3 heteroatoms. The van der Waals surface area contributed by atoms with Crippen molar-refractivity contribution in [1.29, 1.82) is 0 Å². The summed E-state index contributed by atoms with van der Waals surface area (Å²) >= 11 is 0. The van der Waals surface area contributed by atoms with Gasteiger partial charge in [-0.3, -0.25) is 4.79 Å². The molecule has 0 saturated carbocycles. The summed E-state index contributed by atoms with van der Waals surface area (Å²) in [6.45, 7) is 2.36. The zero-order valence-electron chi connectivity index (χ0n) is 15.2. The van der Waals surface area contributed by atoms with Crippen molar-refractivity contribution in [2.45, 2.75) is 19.4 Å². The highest BCUT2D eigenvalue weighted by Gasteiger charge is 2.20. The minimum atomic E-state index is 0.239. The van der Waals surface area contributed by atoms with E-state index >= 15 is 0 Å². The second-order valence-corrected chi connectivity index (χ2v) is 7.05. The van der Waals surface area contributed by atoms with Crippen molar-refractivity contribution in [3.05, 3.63) is 77.9 Å². The molecular weight excluding hydrogens is 320 g/mol. The lowest BCUT2D eigenvalue weighted by Crippen LogP contribution is -2.34. The van der Waals surface area contributed by atoms with E-state index in [1.54, 1.807) is 0 Å². The number of para-hydroxylation sites is 1. The van der Waals surface area contributed by atoms with Crippen LogP contribution in [0.25, 0.3) is 10.8 Å². The van der Waals surface area contributed by atoms with Crippen molar-refractivity contribution in [1.82, 2.24) is 4.90 Å². The van der Waals surface area contributed by atoms with Crippen LogP contribution < -0.4 is 4.90 Å². The van der Waals surface area contributed by atoms with Gasteiger partial charge in [-0.2, -0.15) is 0 Å². The van der Waals surface area contributed by atoms with Crippen molar-refractivity contribution in [2.24, 2.45) is 0 Å². The normalized spacial score (nSPS) is 14.2. The number of hydrogen-bond donors (Lipinski definition) is 0. The number of rotatable bonds is 3. The summed E-state index contributed by atoms with van der Waals surface area (Å²) in [4.78, 5) is 17.1. The van der Waals surface area contributed by atoms with Gasteiger partial charge in [-0.15, -0.1) is 0 Å². The number of nitrogens with zero attached hydrogens (tertiary/aromatic N) is 2. The van der Waals surface area contributed by atoms with E-state index in [2.05, 4.69) is 78.7 Å². The molecule has 0 saturated heterocycles. The molecule has 0 fully saturated rings. The van der Waals surface area contributed by atoms with E-state index in [9.17, 15) is 4.79 Å². The number of anilines is 1. The zero-order chi connectivity index (χ0) is 17.9. The van der Waals surface area contributed by atoms with Crippen molar-refractivity contribution < 1.29 is 4.79 Å². The second-order valence-electron chi connectivity index (χ2n) is 7.05. The lowest BCUT2D eigenvalue weighted by Gasteiger charge is -2.21. The maximum Gasteiger partial charge on any atom is 0.223 e. The minimum Gasteiger partial charge on any atom is -0.373 e. The predicted molar refractivity (Wildman–Crippen MR) is 107 cm³/mol. The van der Waals surface area contributed by atoms with Gasteiger partial charge in [0.25, 0.3) is 0 Å². The maximum atomic E-state index is 12.8. The number of amides is 1. The van der Waals surface area contributed by atoms with Crippen LogP contribution in [0.4, 0.5) is 5.69 Å². The van der Waals surface area contributed by atoms with Gasteiger partial charge in [0, 0.05) is 38.8 Å². The van der Waals surface area contributed by atoms with Crippen LogP contribution in [0.15, 0.2) is 66.7 Å². The molecule has 1 aliphatic rings. The molecule has 4 rings (SSSR count). The summed E-state index contributed by atoms with van der Waals surface area (Å²) < 4.78 is 0. The Labute approximate surface area is 154 Å². The van der Waals surface area contributed by atoms with Gasteiger partial charge < -0.3 is 9.80 Å². The average Bonchev–Trinajstić information content (AvgIpc) is 2.85. The van der Waals surface area contributed by atoms with Crippen LogP contribution in [0.5, 0.6) is 0 Å². The van der Waals surface area contributed by atoms with Gasteiger partial charge in [0.1, 0.15) is 0 Å². The third kappa shape index (κ3) is 3.43. The van der Waals surface area contributed by atoms with Crippen molar-refractivity contribution in [3.8, 4) is 0 Å². The highest BCUT2D eigenvalue weighted by Crippen LogP contribution is 2.24. The molecule has 0 radical (unpaired) electrons. The molecule has 0 N–H and O–H groups in total. The van der Waals surface area contributed by atoms with E-state index in [-0.39, 0.29) is 5.91 Å². The van der Waals surface area contributed by atoms with E-state index in [4.69, 9.17) is 0 Å². The lowest BCUT2D eigenvalue weighted by atomic mass is 10.0. The van der Waals surface area contributed by atoms with Crippen LogP contribution in [0, 0.1) is 0 Å². The van der Waals surface area contributed by atoms with Crippen LogP contribution in [0.2, 0.25) is 0 Å². The fourth-order valence-electron chi connectivity index (χ4n) is 3.71. The zero-order valence-corrected chi connectivity index (χ0v) is 15.2. The van der Waals surface area contributed by atoms with Gasteiger partial charge in [0.2, 0.25) is 5.91 Å². The molecule has 3 aromatic carbocycles. The van der Waals surface area contributed by atoms with Gasteiger partial charge in [0.15, 0.2) is 0 Å². The molecule has 132 valence electrons. The largest absolute Gasteiger partial charge is 0.373 e. The Morgan fingerprint density at radius 2 is 1.69 bits per heavy atom. The number of hydrogen-bond acceptors (Lipinski definition) is 2. The van der Waals surface area contributed by atoms with E-state index < -0.39 is 0 Å². The molecule has 3 nitrogen and oxygen atoms in total. The average molecular weight is 344 g/mol. The molecule has 1 heterocycles. The van der Waals surface area contributed by atoms with Gasteiger partial charge >= 0.3 is 0 Å². The molecule has 0 bridgehead atoms. The summed E-state index contributed by atoms with van der Waals surface area (Å²) in [5.74, 6) is 0.239. The Morgan fingerprint density at radius 3 is 2.58 bits per heavy atom. The molecule has 0 unspecified atom stereocenters. The number of likely N-dealkylation sites (N-methyl/N-ethyl adjacent to an activating group) is 1. The third-order valence-corrected chi connectivity index (χ3v) is 5.26. The molecule has 3 aromatic rings. The summed E-state index contributed by atoms with van der Waals surface area (Å²) in [5.41, 5.74) is 3.69. The second kappa shape index (κ2) is 7.20. The van der Waals surface area contributed by atoms with Crippen molar-refractivity contribution in [3.63, 3.8) is 0 Å². The van der Waals surface area contributed by atoms with E-state index in [1.165, 1.54) is 27.6 Å². The molecule has 0 spiro atoms. The van der Waals surface area contributed by atoms with Crippen LogP contribution in [-0.4, -0.2) is 30.9 Å². The Balaban J connectivity index is 1.44. The molecular formula is C23H24N2O. The quantitative estimate of drug-likeness (QED) is 0.709. The molecule has 1 amide bonds. The van der Waals surface area contributed by atoms with Crippen LogP contribution in [0.1, 0.15) is 17.5 Å². The Morgan fingerprint density at radius 1 is 0.923 bits per heavy atom. The highest BCUT2D eigenvalue weighted by molar-refractivity contribution is 5.83. The first kappa shape index (κ1) is 16.6. The highest BCUT2D eigenvalue weighted by atomic mass is 16.2. The van der Waals surface area contributed by atoms with Crippen LogP contribution >= 0.6 is 0 Å². The fraction of sp³-hybridized carbons (Fsp3) is 0.261. The smallest absolute Gasteiger partial charge is 0.223 e. The first-order valence-electron chi connectivity index (χ1n) is 9.25. The molecule has 0 aliphatic carbocycles. The third-order valence-electron chi connectivity index (χ3n) is 5.26. The Kier molecular flexibility index (Phi) is 4.61. The first-order chi connectivity index (χ1) is 12.7. The van der Waals surface area contributed by atoms with Gasteiger partial charge in [-0.05, 0) is 34.4 Å². The topological polar surface area (TPSA) is 23.6 Å². The van der Waals surface area contributed by atoms with E-state index in [1.807, 2.05) is 4.90 Å². The van der Waals surface area contributed by atoms with Crippen LogP contribution in [-0.2, 0) is 17.8 Å².